The Hall–Kier alpha value is -7.51. The highest BCUT2D eigenvalue weighted by Gasteiger charge is 2.19. The van der Waals surface area contributed by atoms with Crippen molar-refractivity contribution in [3.05, 3.63) is 188 Å². The number of rotatable bonds is 7. The lowest BCUT2D eigenvalue weighted by molar-refractivity contribution is 1.07. The highest BCUT2D eigenvalue weighted by Crippen LogP contribution is 2.33. The molecule has 10 aromatic rings. The van der Waals surface area contributed by atoms with Gasteiger partial charge in [-0.1, -0.05) is 121 Å². The number of para-hydroxylation sites is 3. The van der Waals surface area contributed by atoms with E-state index in [1.54, 1.807) is 0 Å². The van der Waals surface area contributed by atoms with Gasteiger partial charge in [0.1, 0.15) is 11.6 Å². The molecule has 7 aromatic carbocycles. The molecule has 0 spiro atoms. The monoisotopic (exact) mass is 693 g/mol. The van der Waals surface area contributed by atoms with Crippen LogP contribution in [0.2, 0.25) is 0 Å². The van der Waals surface area contributed by atoms with Crippen LogP contribution in [0, 0.1) is 0 Å². The number of hydrogen-bond acceptors (Lipinski definition) is 5. The zero-order chi connectivity index (χ0) is 35.8. The second-order valence-corrected chi connectivity index (χ2v) is 13.0. The molecule has 10 rings (SSSR count). The van der Waals surface area contributed by atoms with Gasteiger partial charge in [-0.2, -0.15) is 0 Å². The molecule has 0 radical (unpaired) electrons. The molecule has 0 aliphatic heterocycles. The summed E-state index contributed by atoms with van der Waals surface area (Å²) in [6.45, 7) is 0. The largest absolute Gasteiger partial charge is 0.292 e. The van der Waals surface area contributed by atoms with Crippen molar-refractivity contribution in [1.82, 2.24) is 34.1 Å². The van der Waals surface area contributed by atoms with Crippen molar-refractivity contribution in [1.29, 1.82) is 0 Å². The van der Waals surface area contributed by atoms with Gasteiger partial charge in [-0.3, -0.25) is 9.13 Å². The molecule has 0 saturated carbocycles. The minimum Gasteiger partial charge on any atom is -0.292 e. The lowest BCUT2D eigenvalue weighted by Gasteiger charge is -2.12. The zero-order valence-electron chi connectivity index (χ0n) is 29.0. The van der Waals surface area contributed by atoms with Crippen molar-refractivity contribution in [3.63, 3.8) is 0 Å². The molecule has 7 nitrogen and oxygen atoms in total. The van der Waals surface area contributed by atoms with E-state index in [9.17, 15) is 0 Å². The summed E-state index contributed by atoms with van der Waals surface area (Å²) >= 11 is 0. The summed E-state index contributed by atoms with van der Waals surface area (Å²) in [7, 11) is 0. The second-order valence-electron chi connectivity index (χ2n) is 13.0. The third-order valence-corrected chi connectivity index (χ3v) is 9.60. The predicted octanol–water partition coefficient (Wildman–Crippen LogP) is 10.9. The van der Waals surface area contributed by atoms with E-state index < -0.39 is 0 Å². The van der Waals surface area contributed by atoms with Crippen LogP contribution in [0.4, 0.5) is 0 Å². The first-order chi connectivity index (χ1) is 26.8. The maximum atomic E-state index is 5.18. The number of hydrogen-bond donors (Lipinski definition) is 0. The molecule has 0 atom stereocenters. The second kappa shape index (κ2) is 13.2. The van der Waals surface area contributed by atoms with Crippen molar-refractivity contribution in [3.8, 4) is 68.3 Å². The van der Waals surface area contributed by atoms with E-state index in [1.807, 2.05) is 97.1 Å². The van der Waals surface area contributed by atoms with E-state index in [2.05, 4.69) is 100 Å². The van der Waals surface area contributed by atoms with E-state index in [0.29, 0.717) is 17.5 Å². The van der Waals surface area contributed by atoms with Gasteiger partial charge in [-0.15, -0.1) is 0 Å². The van der Waals surface area contributed by atoms with E-state index >= 15 is 0 Å². The van der Waals surface area contributed by atoms with Crippen LogP contribution >= 0.6 is 0 Å². The van der Waals surface area contributed by atoms with Gasteiger partial charge >= 0.3 is 0 Å². The Bertz CT molecular complexity index is 2900. The summed E-state index contributed by atoms with van der Waals surface area (Å²) < 4.78 is 4.41. The predicted molar refractivity (Wildman–Crippen MR) is 216 cm³/mol. The SMILES string of the molecule is c1ccc(-c2nc(-c3ccc(-n4c(-c5ccccc5)nc5ccccc54)cc3)nc(-c3ccc4c(c3)nc(-c3ccccc3)n4-c3ccccc3)n2)cc1. The Kier molecular flexibility index (Phi) is 7.66. The molecule has 54 heavy (non-hydrogen) atoms. The molecule has 254 valence electrons. The molecule has 0 N–H and O–H groups in total. The van der Waals surface area contributed by atoms with Crippen LogP contribution in [-0.4, -0.2) is 34.1 Å². The Labute approximate surface area is 311 Å². The summed E-state index contributed by atoms with van der Waals surface area (Å²) in [6, 6.07) is 63.8. The van der Waals surface area contributed by atoms with Crippen molar-refractivity contribution in [2.75, 3.05) is 0 Å². The van der Waals surface area contributed by atoms with Crippen LogP contribution < -0.4 is 0 Å². The van der Waals surface area contributed by atoms with Crippen molar-refractivity contribution < 1.29 is 0 Å². The van der Waals surface area contributed by atoms with Crippen LogP contribution in [0.1, 0.15) is 0 Å². The first-order valence-corrected chi connectivity index (χ1v) is 17.9. The van der Waals surface area contributed by atoms with Crippen molar-refractivity contribution >= 4 is 22.1 Å². The van der Waals surface area contributed by atoms with Gasteiger partial charge in [-0.05, 0) is 66.7 Å². The smallest absolute Gasteiger partial charge is 0.164 e. The summed E-state index contributed by atoms with van der Waals surface area (Å²) in [5.41, 5.74) is 10.6. The molecule has 0 bridgehead atoms. The Morgan fingerprint density at radius 1 is 0.278 bits per heavy atom. The molecule has 7 heteroatoms. The Morgan fingerprint density at radius 3 is 1.28 bits per heavy atom. The summed E-state index contributed by atoms with van der Waals surface area (Å²) in [5, 5.41) is 0. The molecular weight excluding hydrogens is 663 g/mol. The fourth-order valence-electron chi connectivity index (χ4n) is 7.02. The molecule has 0 aliphatic carbocycles. The van der Waals surface area contributed by atoms with E-state index in [1.165, 1.54) is 0 Å². The van der Waals surface area contributed by atoms with Crippen molar-refractivity contribution in [2.24, 2.45) is 0 Å². The number of nitrogens with zero attached hydrogens (tertiary/aromatic N) is 7. The topological polar surface area (TPSA) is 74.3 Å². The lowest BCUT2D eigenvalue weighted by atomic mass is 10.1. The van der Waals surface area contributed by atoms with Crippen LogP contribution in [0.3, 0.4) is 0 Å². The van der Waals surface area contributed by atoms with Crippen molar-refractivity contribution in [2.45, 2.75) is 0 Å². The maximum absolute atomic E-state index is 5.18. The van der Waals surface area contributed by atoms with Gasteiger partial charge in [0.05, 0.1) is 22.1 Å². The standard InChI is InChI=1S/C47H31N7/c1-5-15-32(16-6-1)43-50-44(33-25-28-38(29-26-33)54-41-24-14-13-23-39(41)48-46(54)34-17-7-2-8-18-34)52-45(51-43)36-27-30-42-40(31-36)49-47(35-19-9-3-10-20-35)53(42)37-21-11-4-12-22-37/h1-31H. The third-order valence-electron chi connectivity index (χ3n) is 9.60. The molecule has 0 aliphatic rings. The van der Waals surface area contributed by atoms with Gasteiger partial charge < -0.3 is 0 Å². The van der Waals surface area contributed by atoms with Gasteiger partial charge in [0.15, 0.2) is 17.5 Å². The summed E-state index contributed by atoms with van der Waals surface area (Å²) in [5.74, 6) is 3.53. The molecule has 0 amide bonds. The zero-order valence-corrected chi connectivity index (χ0v) is 29.0. The first kappa shape index (κ1) is 31.2. The van der Waals surface area contributed by atoms with Gasteiger partial charge in [0, 0.05) is 39.2 Å². The lowest BCUT2D eigenvalue weighted by Crippen LogP contribution is -2.01. The average Bonchev–Trinajstić information content (AvgIpc) is 3.84. The summed E-state index contributed by atoms with van der Waals surface area (Å²) in [4.78, 5) is 25.3. The third kappa shape index (κ3) is 5.61. The normalized spacial score (nSPS) is 11.3. The minimum atomic E-state index is 0.576. The van der Waals surface area contributed by atoms with E-state index in [0.717, 1.165) is 72.9 Å². The Balaban J connectivity index is 1.10. The summed E-state index contributed by atoms with van der Waals surface area (Å²) in [6.07, 6.45) is 0. The first-order valence-electron chi connectivity index (χ1n) is 17.9. The number of aromatic nitrogens is 7. The number of fused-ring (bicyclic) bond motifs is 2. The quantitative estimate of drug-likeness (QED) is 0.166. The van der Waals surface area contributed by atoms with Gasteiger partial charge in [0.25, 0.3) is 0 Å². The molecule has 0 saturated heterocycles. The van der Waals surface area contributed by atoms with Crippen LogP contribution in [-0.2, 0) is 0 Å². The number of imidazole rings is 2. The number of benzene rings is 7. The highest BCUT2D eigenvalue weighted by molar-refractivity contribution is 5.87. The van der Waals surface area contributed by atoms with E-state index in [4.69, 9.17) is 24.9 Å². The molecule has 0 fully saturated rings. The molecular formula is C47H31N7. The fraction of sp³-hybridized carbons (Fsp3) is 0. The fourth-order valence-corrected chi connectivity index (χ4v) is 7.02. The maximum Gasteiger partial charge on any atom is 0.164 e. The minimum absolute atomic E-state index is 0.576. The van der Waals surface area contributed by atoms with Crippen LogP contribution in [0.25, 0.3) is 90.4 Å². The van der Waals surface area contributed by atoms with Crippen LogP contribution in [0.15, 0.2) is 188 Å². The molecule has 0 unspecified atom stereocenters. The molecule has 3 aromatic heterocycles. The van der Waals surface area contributed by atoms with E-state index in [-0.39, 0.29) is 0 Å². The van der Waals surface area contributed by atoms with Gasteiger partial charge in [0.2, 0.25) is 0 Å². The highest BCUT2D eigenvalue weighted by atomic mass is 15.1. The average molecular weight is 694 g/mol. The molecule has 3 heterocycles. The van der Waals surface area contributed by atoms with Gasteiger partial charge in [-0.25, -0.2) is 24.9 Å². The van der Waals surface area contributed by atoms with Crippen LogP contribution in [0.5, 0.6) is 0 Å². The Morgan fingerprint density at radius 2 is 0.685 bits per heavy atom.